The van der Waals surface area contributed by atoms with Crippen molar-refractivity contribution in [1.29, 1.82) is 0 Å². The topological polar surface area (TPSA) is 40.6 Å². The number of piperidine rings is 1. The van der Waals surface area contributed by atoms with E-state index in [2.05, 4.69) is 0 Å². The number of benzene rings is 1. The summed E-state index contributed by atoms with van der Waals surface area (Å²) >= 11 is 6.33. The first kappa shape index (κ1) is 14.4. The van der Waals surface area contributed by atoms with Crippen molar-refractivity contribution in [3.05, 3.63) is 46.0 Å². The van der Waals surface area contributed by atoms with Crippen molar-refractivity contribution >= 4 is 31.4 Å². The van der Waals surface area contributed by atoms with Gasteiger partial charge in [0, 0.05) is 11.6 Å². The van der Waals surface area contributed by atoms with Crippen LogP contribution in [0.3, 0.4) is 0 Å². The molecule has 0 N–H and O–H groups in total. The average molecular weight is 301 g/mol. The van der Waals surface area contributed by atoms with Crippen LogP contribution in [0.5, 0.6) is 0 Å². The first-order valence-electron chi connectivity index (χ1n) is 6.89. The number of hydrogen-bond acceptors (Lipinski definition) is 3. The highest BCUT2D eigenvalue weighted by molar-refractivity contribution is 6.31. The summed E-state index contributed by atoms with van der Waals surface area (Å²) < 4.78 is 0. The summed E-state index contributed by atoms with van der Waals surface area (Å²) in [4.78, 5) is 27.5. The molecule has 2 amide bonds. The molecule has 0 unspecified atom stereocenters. The minimum atomic E-state index is -0.283. The molecule has 106 valence electrons. The summed E-state index contributed by atoms with van der Waals surface area (Å²) in [6.45, 7) is 1.54. The molecule has 2 radical (unpaired) electrons. The molecule has 0 spiro atoms. The van der Waals surface area contributed by atoms with Gasteiger partial charge in [-0.15, -0.1) is 0 Å². The third kappa shape index (κ3) is 2.63. The summed E-state index contributed by atoms with van der Waals surface area (Å²) in [7, 11) is 5.79. The average Bonchev–Trinajstić information content (AvgIpc) is 2.73. The number of amides is 2. The zero-order valence-electron chi connectivity index (χ0n) is 11.5. The van der Waals surface area contributed by atoms with Crippen LogP contribution in [0.25, 0.3) is 0 Å². The highest BCUT2D eigenvalue weighted by atomic mass is 35.5. The van der Waals surface area contributed by atoms with Crippen molar-refractivity contribution in [1.82, 2.24) is 9.71 Å². The molecule has 4 nitrogen and oxygen atoms in total. The number of halogens is 1. The number of carbonyl (C=O) groups is 2. The molecule has 1 aromatic rings. The maximum Gasteiger partial charge on any atom is 0.261 e. The lowest BCUT2D eigenvalue weighted by Crippen LogP contribution is -2.33. The minimum absolute atomic E-state index is 0.122. The molecule has 21 heavy (non-hydrogen) atoms. The van der Waals surface area contributed by atoms with Gasteiger partial charge >= 0.3 is 0 Å². The molecule has 1 saturated heterocycles. The maximum absolute atomic E-state index is 12.3. The van der Waals surface area contributed by atoms with Gasteiger partial charge in [-0.1, -0.05) is 23.7 Å². The molecule has 0 aromatic heterocycles. The molecule has 0 atom stereocenters. The predicted molar refractivity (Wildman–Crippen MR) is 81.2 cm³/mol. The van der Waals surface area contributed by atoms with Crippen molar-refractivity contribution in [3.8, 4) is 0 Å². The van der Waals surface area contributed by atoms with Crippen molar-refractivity contribution in [3.63, 3.8) is 0 Å². The zero-order valence-corrected chi connectivity index (χ0v) is 12.3. The standard InChI is InChI=1S/C15H14BClN2O2/c16-18-7-3-4-10(8-18)13(17)9-19-14(20)11-5-1-2-6-12(11)15(19)21/h1-2,5-6H,3-4,7-9H2/b13-10-. The number of fused-ring (bicyclic) bond motifs is 1. The SMILES string of the molecule is [B]N1CCC/C(=C(/Cl)CN2C(=O)c3ccccc3C2=O)C1. The molecule has 6 heteroatoms. The fourth-order valence-electron chi connectivity index (χ4n) is 2.75. The van der Waals surface area contributed by atoms with E-state index in [9.17, 15) is 9.59 Å². The molecule has 0 aliphatic carbocycles. The molecule has 2 heterocycles. The lowest BCUT2D eigenvalue weighted by atomic mass is 10.0. The Morgan fingerprint density at radius 1 is 1.19 bits per heavy atom. The van der Waals surface area contributed by atoms with E-state index in [4.69, 9.17) is 19.6 Å². The van der Waals surface area contributed by atoms with E-state index in [1.807, 2.05) is 0 Å². The third-order valence-electron chi connectivity index (χ3n) is 3.88. The van der Waals surface area contributed by atoms with Crippen LogP contribution in [0.2, 0.25) is 0 Å². The van der Waals surface area contributed by atoms with E-state index < -0.39 is 0 Å². The number of hydrogen-bond donors (Lipinski definition) is 0. The van der Waals surface area contributed by atoms with Crippen LogP contribution in [0.4, 0.5) is 0 Å². The van der Waals surface area contributed by atoms with Gasteiger partial charge < -0.3 is 4.81 Å². The lowest BCUT2D eigenvalue weighted by Gasteiger charge is -2.27. The van der Waals surface area contributed by atoms with Crippen LogP contribution in [0, 0.1) is 0 Å². The smallest absolute Gasteiger partial charge is 0.261 e. The van der Waals surface area contributed by atoms with E-state index in [0.717, 1.165) is 25.0 Å². The van der Waals surface area contributed by atoms with Gasteiger partial charge in [-0.3, -0.25) is 14.5 Å². The Bertz CT molecular complexity index is 609. The Morgan fingerprint density at radius 2 is 1.81 bits per heavy atom. The summed E-state index contributed by atoms with van der Waals surface area (Å²) in [6.07, 6.45) is 1.79. The Hall–Kier alpha value is -1.59. The zero-order chi connectivity index (χ0) is 15.0. The van der Waals surface area contributed by atoms with Gasteiger partial charge in [-0.25, -0.2) is 0 Å². The molecule has 1 fully saturated rings. The predicted octanol–water partition coefficient (Wildman–Crippen LogP) is 1.95. The van der Waals surface area contributed by atoms with Crippen LogP contribution in [0.15, 0.2) is 34.9 Å². The second kappa shape index (κ2) is 5.66. The van der Waals surface area contributed by atoms with Crippen molar-refractivity contribution < 1.29 is 9.59 Å². The van der Waals surface area contributed by atoms with Gasteiger partial charge in [0.25, 0.3) is 11.8 Å². The highest BCUT2D eigenvalue weighted by Gasteiger charge is 2.35. The molecule has 3 rings (SSSR count). The molecular formula is C15H14BClN2O2. The van der Waals surface area contributed by atoms with Crippen LogP contribution < -0.4 is 0 Å². The van der Waals surface area contributed by atoms with Gasteiger partial charge in [0.2, 0.25) is 0 Å². The van der Waals surface area contributed by atoms with E-state index in [-0.39, 0.29) is 18.4 Å². The fourth-order valence-corrected chi connectivity index (χ4v) is 3.03. The Balaban J connectivity index is 1.82. The number of imide groups is 1. The molecule has 0 saturated carbocycles. The lowest BCUT2D eigenvalue weighted by molar-refractivity contribution is 0.0670. The molecular weight excluding hydrogens is 286 g/mol. The van der Waals surface area contributed by atoms with Crippen LogP contribution in [-0.4, -0.2) is 49.1 Å². The summed E-state index contributed by atoms with van der Waals surface area (Å²) in [5, 5.41) is 0.541. The largest absolute Gasteiger partial charge is 0.350 e. The molecule has 0 bridgehead atoms. The van der Waals surface area contributed by atoms with E-state index in [1.54, 1.807) is 29.1 Å². The third-order valence-corrected chi connectivity index (χ3v) is 4.26. The molecule has 2 aliphatic rings. The number of carbonyl (C=O) groups excluding carboxylic acids is 2. The normalized spacial score (nSPS) is 21.7. The maximum atomic E-state index is 12.3. The van der Waals surface area contributed by atoms with Crippen LogP contribution >= 0.6 is 11.6 Å². The fraction of sp³-hybridized carbons (Fsp3) is 0.333. The van der Waals surface area contributed by atoms with Gasteiger partial charge in [0.15, 0.2) is 7.98 Å². The van der Waals surface area contributed by atoms with Gasteiger partial charge in [0.05, 0.1) is 17.7 Å². The number of nitrogens with zero attached hydrogens (tertiary/aromatic N) is 2. The second-order valence-corrected chi connectivity index (χ2v) is 5.78. The van der Waals surface area contributed by atoms with Gasteiger partial charge in [0.1, 0.15) is 0 Å². The summed E-state index contributed by atoms with van der Waals surface area (Å²) in [5.74, 6) is -0.565. The molecule has 1 aromatic carbocycles. The summed E-state index contributed by atoms with van der Waals surface area (Å²) in [5.41, 5.74) is 1.89. The molecule has 2 aliphatic heterocycles. The van der Waals surface area contributed by atoms with E-state index in [0.29, 0.717) is 22.7 Å². The Kier molecular flexibility index (Phi) is 3.87. The van der Waals surface area contributed by atoms with Crippen LogP contribution in [0.1, 0.15) is 33.6 Å². The Labute approximate surface area is 129 Å². The van der Waals surface area contributed by atoms with Crippen molar-refractivity contribution in [2.45, 2.75) is 12.8 Å². The number of rotatable bonds is 2. The second-order valence-electron chi connectivity index (χ2n) is 5.32. The quantitative estimate of drug-likeness (QED) is 0.619. The van der Waals surface area contributed by atoms with E-state index in [1.165, 1.54) is 4.90 Å². The summed E-state index contributed by atoms with van der Waals surface area (Å²) in [6, 6.07) is 6.83. The van der Waals surface area contributed by atoms with Gasteiger partial charge in [-0.2, -0.15) is 0 Å². The van der Waals surface area contributed by atoms with Crippen LogP contribution in [-0.2, 0) is 0 Å². The van der Waals surface area contributed by atoms with Crippen molar-refractivity contribution in [2.75, 3.05) is 19.6 Å². The minimum Gasteiger partial charge on any atom is -0.350 e. The first-order valence-corrected chi connectivity index (χ1v) is 7.27. The van der Waals surface area contributed by atoms with Gasteiger partial charge in [-0.05, 0) is 37.1 Å². The van der Waals surface area contributed by atoms with E-state index >= 15 is 0 Å². The van der Waals surface area contributed by atoms with Crippen molar-refractivity contribution in [2.24, 2.45) is 0 Å². The Morgan fingerprint density at radius 3 is 2.38 bits per heavy atom. The highest BCUT2D eigenvalue weighted by Crippen LogP contribution is 2.26. The first-order chi connectivity index (χ1) is 10.1. The monoisotopic (exact) mass is 300 g/mol.